The number of hydrogen-bond donors (Lipinski definition) is 1. The first-order chi connectivity index (χ1) is 9.63. The van der Waals surface area contributed by atoms with Crippen LogP contribution in [0.25, 0.3) is 0 Å². The second kappa shape index (κ2) is 5.84. The molecule has 0 bridgehead atoms. The highest BCUT2D eigenvalue weighted by molar-refractivity contribution is 9.10. The van der Waals surface area contributed by atoms with Crippen LogP contribution in [0.5, 0.6) is 5.75 Å². The van der Waals surface area contributed by atoms with Crippen LogP contribution in [0.2, 0.25) is 10.0 Å². The van der Waals surface area contributed by atoms with E-state index < -0.39 is 0 Å². The first kappa shape index (κ1) is 14.1. The molecule has 2 aromatic rings. The molecular formula is C15H12BrCl2NO. The van der Waals surface area contributed by atoms with Gasteiger partial charge >= 0.3 is 0 Å². The molecule has 1 aliphatic rings. The number of hydrogen-bond acceptors (Lipinski definition) is 2. The van der Waals surface area contributed by atoms with Gasteiger partial charge in [-0.1, -0.05) is 39.1 Å². The summed E-state index contributed by atoms with van der Waals surface area (Å²) in [5, 5.41) is 4.45. The quantitative estimate of drug-likeness (QED) is 0.788. The van der Waals surface area contributed by atoms with Crippen molar-refractivity contribution < 1.29 is 4.74 Å². The number of anilines is 1. The summed E-state index contributed by atoms with van der Waals surface area (Å²) in [6, 6.07) is 9.71. The lowest BCUT2D eigenvalue weighted by atomic mass is 10.1. The predicted octanol–water partition coefficient (Wildman–Crippen LogP) is 5.30. The molecule has 20 heavy (non-hydrogen) atoms. The van der Waals surface area contributed by atoms with Gasteiger partial charge in [-0.15, -0.1) is 0 Å². The summed E-state index contributed by atoms with van der Waals surface area (Å²) in [6.45, 7) is 1.44. The molecule has 3 rings (SSSR count). The Morgan fingerprint density at radius 1 is 1.15 bits per heavy atom. The van der Waals surface area contributed by atoms with E-state index in [0.717, 1.165) is 34.5 Å². The molecule has 0 fully saturated rings. The van der Waals surface area contributed by atoms with E-state index in [1.165, 1.54) is 5.56 Å². The minimum absolute atomic E-state index is 0.549. The number of rotatable bonds is 3. The molecule has 0 aromatic heterocycles. The Morgan fingerprint density at radius 2 is 2.00 bits per heavy atom. The summed E-state index contributed by atoms with van der Waals surface area (Å²) < 4.78 is 6.78. The lowest BCUT2D eigenvalue weighted by molar-refractivity contribution is 0.354. The molecule has 0 saturated heterocycles. The third-order valence-corrected chi connectivity index (χ3v) is 4.42. The van der Waals surface area contributed by atoms with E-state index in [4.69, 9.17) is 27.9 Å². The highest BCUT2D eigenvalue weighted by atomic mass is 79.9. The molecule has 2 nitrogen and oxygen atoms in total. The van der Waals surface area contributed by atoms with Crippen LogP contribution in [-0.4, -0.2) is 6.61 Å². The van der Waals surface area contributed by atoms with Crippen LogP contribution in [0, 0.1) is 0 Å². The summed E-state index contributed by atoms with van der Waals surface area (Å²) in [5.74, 6) is 1.00. The van der Waals surface area contributed by atoms with Crippen LogP contribution in [0.4, 0.5) is 5.69 Å². The van der Waals surface area contributed by atoms with Crippen LogP contribution in [0.15, 0.2) is 34.8 Å². The summed E-state index contributed by atoms with van der Waals surface area (Å²) >= 11 is 15.5. The molecule has 1 aliphatic heterocycles. The fourth-order valence-electron chi connectivity index (χ4n) is 2.28. The van der Waals surface area contributed by atoms with E-state index >= 15 is 0 Å². The minimum atomic E-state index is 0.549. The maximum absolute atomic E-state index is 6.01. The first-order valence-corrected chi connectivity index (χ1v) is 7.81. The molecule has 0 radical (unpaired) electrons. The monoisotopic (exact) mass is 371 g/mol. The average molecular weight is 373 g/mol. The van der Waals surface area contributed by atoms with Crippen molar-refractivity contribution in [3.05, 3.63) is 56.0 Å². The van der Waals surface area contributed by atoms with Crippen LogP contribution < -0.4 is 10.1 Å². The molecular weight excluding hydrogens is 361 g/mol. The Kier molecular flexibility index (Phi) is 4.11. The lowest BCUT2D eigenvalue weighted by Crippen LogP contribution is -2.01. The van der Waals surface area contributed by atoms with Crippen molar-refractivity contribution in [3.63, 3.8) is 0 Å². The largest absolute Gasteiger partial charge is 0.493 e. The molecule has 5 heteroatoms. The normalized spacial score (nSPS) is 12.9. The van der Waals surface area contributed by atoms with E-state index in [0.29, 0.717) is 16.6 Å². The second-order valence-electron chi connectivity index (χ2n) is 4.63. The third kappa shape index (κ3) is 2.90. The summed E-state index contributed by atoms with van der Waals surface area (Å²) in [4.78, 5) is 0. The fourth-order valence-corrected chi connectivity index (χ4v) is 3.13. The van der Waals surface area contributed by atoms with Crippen LogP contribution >= 0.6 is 39.1 Å². The molecule has 1 N–H and O–H groups in total. The van der Waals surface area contributed by atoms with Gasteiger partial charge in [0, 0.05) is 28.7 Å². The third-order valence-electron chi connectivity index (χ3n) is 3.23. The van der Waals surface area contributed by atoms with Gasteiger partial charge in [-0.2, -0.15) is 0 Å². The standard InChI is InChI=1S/C15H12BrCl2NO/c16-11-5-9-3-4-20-15(9)10(6-11)8-19-12-1-2-13(17)14(18)7-12/h1-2,5-7,19H,3-4,8H2. The van der Waals surface area contributed by atoms with E-state index in [9.17, 15) is 0 Å². The van der Waals surface area contributed by atoms with Gasteiger partial charge in [-0.3, -0.25) is 0 Å². The zero-order valence-electron chi connectivity index (χ0n) is 10.6. The van der Waals surface area contributed by atoms with Gasteiger partial charge < -0.3 is 10.1 Å². The van der Waals surface area contributed by atoms with Crippen molar-refractivity contribution in [1.29, 1.82) is 0 Å². The SMILES string of the molecule is Clc1ccc(NCc2cc(Br)cc3c2OCC3)cc1Cl. The number of fused-ring (bicyclic) bond motifs is 1. The van der Waals surface area contributed by atoms with E-state index in [1.807, 2.05) is 12.1 Å². The molecule has 1 heterocycles. The predicted molar refractivity (Wildman–Crippen MR) is 87.1 cm³/mol. The van der Waals surface area contributed by atoms with Gasteiger partial charge in [-0.05, 0) is 35.9 Å². The Labute approximate surface area is 136 Å². The smallest absolute Gasteiger partial charge is 0.127 e. The highest BCUT2D eigenvalue weighted by Gasteiger charge is 2.17. The number of halogens is 3. The molecule has 0 atom stereocenters. The number of benzene rings is 2. The van der Waals surface area contributed by atoms with E-state index in [-0.39, 0.29) is 0 Å². The van der Waals surface area contributed by atoms with Crippen molar-refractivity contribution in [2.24, 2.45) is 0 Å². The lowest BCUT2D eigenvalue weighted by Gasteiger charge is -2.11. The topological polar surface area (TPSA) is 21.3 Å². The van der Waals surface area contributed by atoms with E-state index in [1.54, 1.807) is 6.07 Å². The van der Waals surface area contributed by atoms with Crippen molar-refractivity contribution in [1.82, 2.24) is 0 Å². The summed E-state index contributed by atoms with van der Waals surface area (Å²) in [6.07, 6.45) is 0.967. The molecule has 0 aliphatic carbocycles. The first-order valence-electron chi connectivity index (χ1n) is 6.26. The van der Waals surface area contributed by atoms with Crippen molar-refractivity contribution in [2.45, 2.75) is 13.0 Å². The zero-order valence-corrected chi connectivity index (χ0v) is 13.6. The second-order valence-corrected chi connectivity index (χ2v) is 6.36. The van der Waals surface area contributed by atoms with Crippen LogP contribution in [0.1, 0.15) is 11.1 Å². The Hall–Kier alpha value is -0.900. The van der Waals surface area contributed by atoms with Crippen molar-refractivity contribution >= 4 is 44.8 Å². The molecule has 104 valence electrons. The van der Waals surface area contributed by atoms with Gasteiger partial charge in [0.2, 0.25) is 0 Å². The number of ether oxygens (including phenoxy) is 1. The molecule has 0 spiro atoms. The van der Waals surface area contributed by atoms with Gasteiger partial charge in [0.25, 0.3) is 0 Å². The van der Waals surface area contributed by atoms with Gasteiger partial charge in [-0.25, -0.2) is 0 Å². The number of nitrogens with one attached hydrogen (secondary N) is 1. The molecule has 0 unspecified atom stereocenters. The maximum atomic E-state index is 6.01. The minimum Gasteiger partial charge on any atom is -0.493 e. The fraction of sp³-hybridized carbons (Fsp3) is 0.200. The maximum Gasteiger partial charge on any atom is 0.127 e. The Balaban J connectivity index is 1.80. The van der Waals surface area contributed by atoms with Gasteiger partial charge in [0.1, 0.15) is 5.75 Å². The van der Waals surface area contributed by atoms with Gasteiger partial charge in [0.05, 0.1) is 16.7 Å². The average Bonchev–Trinajstić information content (AvgIpc) is 2.88. The highest BCUT2D eigenvalue weighted by Crippen LogP contribution is 2.33. The zero-order chi connectivity index (χ0) is 14.1. The Bertz CT molecular complexity index is 661. The summed E-state index contributed by atoms with van der Waals surface area (Å²) in [5.41, 5.74) is 3.33. The van der Waals surface area contributed by atoms with Crippen LogP contribution in [-0.2, 0) is 13.0 Å². The summed E-state index contributed by atoms with van der Waals surface area (Å²) in [7, 11) is 0. The molecule has 2 aromatic carbocycles. The Morgan fingerprint density at radius 3 is 2.80 bits per heavy atom. The molecule has 0 saturated carbocycles. The van der Waals surface area contributed by atoms with E-state index in [2.05, 4.69) is 33.4 Å². The molecule has 0 amide bonds. The van der Waals surface area contributed by atoms with Crippen molar-refractivity contribution in [2.75, 3.05) is 11.9 Å². The van der Waals surface area contributed by atoms with Crippen molar-refractivity contribution in [3.8, 4) is 5.75 Å². The van der Waals surface area contributed by atoms with Crippen LogP contribution in [0.3, 0.4) is 0 Å². The van der Waals surface area contributed by atoms with Gasteiger partial charge in [0.15, 0.2) is 0 Å².